The van der Waals surface area contributed by atoms with E-state index in [1.165, 1.54) is 0 Å². The number of amides is 2. The van der Waals surface area contributed by atoms with Crippen LogP contribution in [-0.4, -0.2) is 72.1 Å². The minimum Gasteiger partial charge on any atom is -0.443 e. The number of likely N-dealkylation sites (tertiary alicyclic amines) is 1. The van der Waals surface area contributed by atoms with Crippen LogP contribution in [0.2, 0.25) is 0 Å². The number of carbonyl (C=O) groups excluding carboxylic acids is 2. The van der Waals surface area contributed by atoms with Gasteiger partial charge in [0, 0.05) is 50.0 Å². The summed E-state index contributed by atoms with van der Waals surface area (Å²) in [7, 11) is 0. The first-order valence-corrected chi connectivity index (χ1v) is 11.1. The lowest BCUT2D eigenvalue weighted by Crippen LogP contribution is -2.50. The van der Waals surface area contributed by atoms with Crippen molar-refractivity contribution < 1.29 is 14.3 Å². The molecule has 2 aromatic rings. The molecular formula is C22H28N6O3. The molecule has 9 heteroatoms. The highest BCUT2D eigenvalue weighted by atomic mass is 16.6. The van der Waals surface area contributed by atoms with Crippen LogP contribution in [0.3, 0.4) is 0 Å². The number of ether oxygens (including phenoxy) is 1. The normalized spacial score (nSPS) is 20.4. The Kier molecular flexibility index (Phi) is 4.91. The zero-order valence-corrected chi connectivity index (χ0v) is 18.0. The number of piperidine rings is 1. The van der Waals surface area contributed by atoms with Crippen molar-refractivity contribution in [2.45, 2.75) is 70.1 Å². The third-order valence-electron chi connectivity index (χ3n) is 6.51. The lowest BCUT2D eigenvalue weighted by Gasteiger charge is -2.38. The smallest absolute Gasteiger partial charge is 0.410 e. The molecule has 0 aromatic carbocycles. The molecule has 0 spiro atoms. The van der Waals surface area contributed by atoms with E-state index in [1.54, 1.807) is 34.3 Å². The highest BCUT2D eigenvalue weighted by molar-refractivity contribution is 5.94. The summed E-state index contributed by atoms with van der Waals surface area (Å²) in [5.74, 6) is 1.27. The summed E-state index contributed by atoms with van der Waals surface area (Å²) in [6.07, 6.45) is 11.9. The van der Waals surface area contributed by atoms with Crippen LogP contribution in [-0.2, 0) is 4.74 Å². The summed E-state index contributed by atoms with van der Waals surface area (Å²) in [6.45, 7) is 5.09. The molecule has 0 unspecified atom stereocenters. The van der Waals surface area contributed by atoms with Gasteiger partial charge < -0.3 is 14.5 Å². The first-order valence-electron chi connectivity index (χ1n) is 11.1. The van der Waals surface area contributed by atoms with Crippen LogP contribution in [0.4, 0.5) is 4.79 Å². The fourth-order valence-corrected chi connectivity index (χ4v) is 4.16. The van der Waals surface area contributed by atoms with Gasteiger partial charge in [-0.05, 0) is 52.4 Å². The molecule has 1 saturated heterocycles. The monoisotopic (exact) mass is 424 g/mol. The average Bonchev–Trinajstić information content (AvgIpc) is 3.69. The van der Waals surface area contributed by atoms with Gasteiger partial charge in [0.2, 0.25) is 5.95 Å². The van der Waals surface area contributed by atoms with Crippen LogP contribution >= 0.6 is 0 Å². The van der Waals surface area contributed by atoms with Crippen LogP contribution in [0.5, 0.6) is 0 Å². The van der Waals surface area contributed by atoms with Gasteiger partial charge >= 0.3 is 6.09 Å². The molecule has 0 bridgehead atoms. The maximum absolute atomic E-state index is 13.3. The van der Waals surface area contributed by atoms with Crippen LogP contribution in [0.15, 0.2) is 24.8 Å². The molecule has 31 heavy (non-hydrogen) atoms. The number of nitrogens with zero attached hydrogens (tertiary/aromatic N) is 6. The van der Waals surface area contributed by atoms with Gasteiger partial charge in [0.1, 0.15) is 11.4 Å². The van der Waals surface area contributed by atoms with Crippen LogP contribution in [0.1, 0.15) is 61.6 Å². The Hall–Kier alpha value is -2.97. The maximum atomic E-state index is 13.3. The molecule has 0 N–H and O–H groups in total. The van der Waals surface area contributed by atoms with Crippen molar-refractivity contribution in [1.29, 1.82) is 0 Å². The van der Waals surface area contributed by atoms with Crippen molar-refractivity contribution >= 4 is 12.0 Å². The second-order valence-corrected chi connectivity index (χ2v) is 9.10. The SMILES string of the molecule is Cc1nccn1-c1ncc(C(=O)N(C2CC2)C2CCN(C(=O)OC3(C)CC3)CC2)cn1. The Morgan fingerprint density at radius 2 is 1.71 bits per heavy atom. The number of aromatic nitrogens is 4. The summed E-state index contributed by atoms with van der Waals surface area (Å²) >= 11 is 0. The van der Waals surface area contributed by atoms with E-state index in [9.17, 15) is 9.59 Å². The van der Waals surface area contributed by atoms with Gasteiger partial charge in [-0.15, -0.1) is 0 Å². The van der Waals surface area contributed by atoms with Gasteiger partial charge in [-0.3, -0.25) is 9.36 Å². The number of rotatable bonds is 5. The zero-order valence-electron chi connectivity index (χ0n) is 18.0. The van der Waals surface area contributed by atoms with Crippen molar-refractivity contribution in [2.75, 3.05) is 13.1 Å². The maximum Gasteiger partial charge on any atom is 0.410 e. The Balaban J connectivity index is 1.24. The third kappa shape index (κ3) is 4.13. The van der Waals surface area contributed by atoms with Gasteiger partial charge in [-0.2, -0.15) is 0 Å². The van der Waals surface area contributed by atoms with E-state index in [0.29, 0.717) is 24.6 Å². The fraction of sp³-hybridized carbons (Fsp3) is 0.591. The quantitative estimate of drug-likeness (QED) is 0.733. The van der Waals surface area contributed by atoms with E-state index in [0.717, 1.165) is 44.3 Å². The van der Waals surface area contributed by atoms with Gasteiger partial charge in [0.05, 0.1) is 5.56 Å². The van der Waals surface area contributed by atoms with E-state index in [2.05, 4.69) is 15.0 Å². The Morgan fingerprint density at radius 1 is 1.06 bits per heavy atom. The molecule has 9 nitrogen and oxygen atoms in total. The predicted molar refractivity (Wildman–Crippen MR) is 112 cm³/mol. The van der Waals surface area contributed by atoms with Crippen molar-refractivity contribution in [3.63, 3.8) is 0 Å². The van der Waals surface area contributed by atoms with Gasteiger partial charge in [0.25, 0.3) is 5.91 Å². The van der Waals surface area contributed by atoms with Crippen LogP contribution in [0, 0.1) is 6.92 Å². The predicted octanol–water partition coefficient (Wildman–Crippen LogP) is 2.73. The summed E-state index contributed by atoms with van der Waals surface area (Å²) in [4.78, 5) is 42.4. The third-order valence-corrected chi connectivity index (χ3v) is 6.51. The van der Waals surface area contributed by atoms with Crippen molar-refractivity contribution in [3.05, 3.63) is 36.2 Å². The molecular weight excluding hydrogens is 396 g/mol. The molecule has 0 atom stereocenters. The van der Waals surface area contributed by atoms with Crippen LogP contribution in [0.25, 0.3) is 5.95 Å². The molecule has 1 aliphatic heterocycles. The number of carbonyl (C=O) groups is 2. The van der Waals surface area contributed by atoms with Gasteiger partial charge in [0.15, 0.2) is 0 Å². The molecule has 2 amide bonds. The zero-order chi connectivity index (χ0) is 21.6. The minimum absolute atomic E-state index is 0.0251. The minimum atomic E-state index is -0.259. The number of aryl methyl sites for hydroxylation is 1. The second-order valence-electron chi connectivity index (χ2n) is 9.10. The average molecular weight is 425 g/mol. The lowest BCUT2D eigenvalue weighted by molar-refractivity contribution is 0.0371. The molecule has 3 heterocycles. The van der Waals surface area contributed by atoms with Crippen molar-refractivity contribution in [2.24, 2.45) is 0 Å². The summed E-state index contributed by atoms with van der Waals surface area (Å²) in [5, 5.41) is 0. The Labute approximate surface area is 181 Å². The first kappa shape index (κ1) is 20.0. The number of hydrogen-bond acceptors (Lipinski definition) is 6. The molecule has 2 aliphatic carbocycles. The Bertz CT molecular complexity index is 971. The van der Waals surface area contributed by atoms with Crippen molar-refractivity contribution in [3.8, 4) is 5.95 Å². The fourth-order valence-electron chi connectivity index (χ4n) is 4.16. The van der Waals surface area contributed by atoms with Crippen molar-refractivity contribution in [1.82, 2.24) is 29.3 Å². The lowest BCUT2D eigenvalue weighted by atomic mass is 10.0. The highest BCUT2D eigenvalue weighted by Gasteiger charge is 2.44. The molecule has 3 aliphatic rings. The largest absolute Gasteiger partial charge is 0.443 e. The Morgan fingerprint density at radius 3 is 2.26 bits per heavy atom. The summed E-state index contributed by atoms with van der Waals surface area (Å²) < 4.78 is 7.38. The molecule has 3 fully saturated rings. The summed E-state index contributed by atoms with van der Waals surface area (Å²) in [5.41, 5.74) is 0.239. The molecule has 2 aromatic heterocycles. The highest BCUT2D eigenvalue weighted by Crippen LogP contribution is 2.39. The number of imidazole rings is 1. The standard InChI is InChI=1S/C22H28N6O3/c1-15-23-9-12-27(15)20-24-13-16(14-25-20)19(29)28(17-3-4-17)18-5-10-26(11-6-18)21(30)31-22(2)7-8-22/h9,12-14,17-18H,3-8,10-11H2,1-2H3. The van der Waals surface area contributed by atoms with Crippen LogP contribution < -0.4 is 0 Å². The summed E-state index contributed by atoms with van der Waals surface area (Å²) in [6, 6.07) is 0.396. The van der Waals surface area contributed by atoms with E-state index >= 15 is 0 Å². The molecule has 2 saturated carbocycles. The van der Waals surface area contributed by atoms with E-state index in [1.807, 2.05) is 18.7 Å². The topological polar surface area (TPSA) is 93.5 Å². The van der Waals surface area contributed by atoms with E-state index in [4.69, 9.17) is 4.74 Å². The molecule has 5 rings (SSSR count). The van der Waals surface area contributed by atoms with Gasteiger partial charge in [-0.25, -0.2) is 19.7 Å². The first-order chi connectivity index (χ1) is 14.9. The van der Waals surface area contributed by atoms with Gasteiger partial charge in [-0.1, -0.05) is 0 Å². The molecule has 0 radical (unpaired) electrons. The number of hydrogen-bond donors (Lipinski definition) is 0. The second kappa shape index (κ2) is 7.62. The van der Waals surface area contributed by atoms with E-state index < -0.39 is 0 Å². The van der Waals surface area contributed by atoms with E-state index in [-0.39, 0.29) is 29.7 Å². The molecule has 164 valence electrons.